The molecule has 5 atom stereocenters. The van der Waals surface area contributed by atoms with Gasteiger partial charge in [0.15, 0.2) is 0 Å². The summed E-state index contributed by atoms with van der Waals surface area (Å²) in [7, 11) is -2.70. The van der Waals surface area contributed by atoms with E-state index in [0.29, 0.717) is 45.1 Å². The molecule has 4 aliphatic rings. The average Bonchev–Trinajstić information content (AvgIpc) is 3.96. The van der Waals surface area contributed by atoms with Crippen LogP contribution >= 0.6 is 0 Å². The molecule has 3 heterocycles. The Hall–Kier alpha value is -3.99. The van der Waals surface area contributed by atoms with E-state index >= 15 is 0 Å². The van der Waals surface area contributed by atoms with Crippen molar-refractivity contribution in [3.8, 4) is 5.88 Å². The second-order valence-electron chi connectivity index (χ2n) is 13.4. The zero-order chi connectivity index (χ0) is 34.1. The normalized spacial score (nSPS) is 26.5. The zero-order valence-electron chi connectivity index (χ0n) is 27.1. The number of morpholine rings is 1. The number of aromatic nitrogens is 2. The van der Waals surface area contributed by atoms with Gasteiger partial charge in [-0.25, -0.2) is 18.2 Å². The van der Waals surface area contributed by atoms with E-state index in [1.165, 1.54) is 18.1 Å². The number of carbonyl (C=O) groups is 4. The maximum atomic E-state index is 14.1. The average molecular weight is 678 g/mol. The van der Waals surface area contributed by atoms with Crippen LogP contribution in [0.3, 0.4) is 0 Å². The van der Waals surface area contributed by atoms with Crippen LogP contribution in [0, 0.1) is 11.3 Å². The molecule has 16 nitrogen and oxygen atoms in total. The fourth-order valence-electron chi connectivity index (χ4n) is 5.87. The first-order chi connectivity index (χ1) is 22.2. The molecule has 0 spiro atoms. The maximum Gasteiger partial charge on any atom is 0.407 e. The van der Waals surface area contributed by atoms with E-state index in [0.717, 1.165) is 0 Å². The van der Waals surface area contributed by atoms with Gasteiger partial charge in [0.2, 0.25) is 33.7 Å². The van der Waals surface area contributed by atoms with Gasteiger partial charge < -0.3 is 34.6 Å². The molecule has 2 aliphatic carbocycles. The summed E-state index contributed by atoms with van der Waals surface area (Å²) in [6.07, 6.45) is 2.63. The van der Waals surface area contributed by atoms with Crippen LogP contribution < -0.4 is 25.0 Å². The van der Waals surface area contributed by atoms with Crippen LogP contribution in [-0.4, -0.2) is 116 Å². The van der Waals surface area contributed by atoms with Crippen molar-refractivity contribution in [1.82, 2.24) is 30.2 Å². The third-order valence-corrected chi connectivity index (χ3v) is 10.7. The molecule has 1 aromatic heterocycles. The number of ether oxygens (including phenoxy) is 3. The Labute approximate surface area is 274 Å². The van der Waals surface area contributed by atoms with Crippen molar-refractivity contribution in [1.29, 1.82) is 0 Å². The zero-order valence-corrected chi connectivity index (χ0v) is 27.9. The van der Waals surface area contributed by atoms with Gasteiger partial charge in [0.25, 0.3) is 5.91 Å². The Balaban J connectivity index is 1.39. The maximum absolute atomic E-state index is 14.1. The number of carbonyl (C=O) groups excluding carboxylic acids is 4. The van der Waals surface area contributed by atoms with E-state index in [1.807, 2.05) is 4.90 Å². The number of nitrogens with zero attached hydrogens (tertiary/aromatic N) is 4. The molecular weight excluding hydrogens is 634 g/mol. The number of hydrogen-bond acceptors (Lipinski definition) is 12. The van der Waals surface area contributed by atoms with Crippen molar-refractivity contribution in [2.75, 3.05) is 44.9 Å². The minimum Gasteiger partial charge on any atom is -0.472 e. The minimum absolute atomic E-state index is 0.0282. The van der Waals surface area contributed by atoms with Gasteiger partial charge in [-0.3, -0.25) is 19.1 Å². The Morgan fingerprint density at radius 3 is 2.49 bits per heavy atom. The second-order valence-corrected chi connectivity index (χ2v) is 15.4. The van der Waals surface area contributed by atoms with E-state index in [1.54, 1.807) is 33.0 Å². The lowest BCUT2D eigenvalue weighted by molar-refractivity contribution is -0.142. The third-order valence-electron chi connectivity index (χ3n) is 8.86. The monoisotopic (exact) mass is 677 g/mol. The van der Waals surface area contributed by atoms with Gasteiger partial charge in [0.1, 0.15) is 23.7 Å². The van der Waals surface area contributed by atoms with Crippen LogP contribution in [0.1, 0.15) is 46.5 Å². The fraction of sp³-hybridized carbons (Fsp3) is 0.667. The lowest BCUT2D eigenvalue weighted by Gasteiger charge is -2.35. The van der Waals surface area contributed by atoms with Crippen molar-refractivity contribution in [3.63, 3.8) is 0 Å². The summed E-state index contributed by atoms with van der Waals surface area (Å²) in [6.45, 7) is 11.3. The van der Waals surface area contributed by atoms with Crippen molar-refractivity contribution in [2.24, 2.45) is 11.3 Å². The van der Waals surface area contributed by atoms with Gasteiger partial charge in [0.05, 0.1) is 32.1 Å². The first-order valence-electron chi connectivity index (χ1n) is 15.7. The van der Waals surface area contributed by atoms with Crippen LogP contribution in [0.25, 0.3) is 0 Å². The molecule has 47 heavy (non-hydrogen) atoms. The van der Waals surface area contributed by atoms with Gasteiger partial charge >= 0.3 is 6.09 Å². The van der Waals surface area contributed by atoms with Gasteiger partial charge in [-0.2, -0.15) is 4.98 Å². The Bertz CT molecular complexity index is 1510. The number of anilines is 1. The number of methoxy groups -OCH3 is 1. The molecule has 5 rings (SSSR count). The van der Waals surface area contributed by atoms with Crippen molar-refractivity contribution >= 4 is 39.8 Å². The molecule has 3 N–H and O–H groups in total. The van der Waals surface area contributed by atoms with Crippen molar-refractivity contribution < 1.29 is 41.8 Å². The topological polar surface area (TPSA) is 198 Å². The lowest BCUT2D eigenvalue weighted by Crippen LogP contribution is -2.60. The van der Waals surface area contributed by atoms with Gasteiger partial charge in [-0.1, -0.05) is 26.8 Å². The predicted molar refractivity (Wildman–Crippen MR) is 168 cm³/mol. The summed E-state index contributed by atoms with van der Waals surface area (Å²) < 4.78 is 43.6. The summed E-state index contributed by atoms with van der Waals surface area (Å²) in [6, 6.07) is -0.634. The molecular formula is C30H43N7O9S. The SMILES string of the molecule is C=CC1CC1(NC(=O)C1CC(Oc2ccnc(N3CCOCC3)n2)CN1C(=O)C(NC(=O)OC)C(C)(C)C)C(=O)NS(=O)(=O)C1CC1. The lowest BCUT2D eigenvalue weighted by atomic mass is 9.85. The smallest absolute Gasteiger partial charge is 0.407 e. The van der Waals surface area contributed by atoms with Crippen LogP contribution in [0.15, 0.2) is 24.9 Å². The minimum atomic E-state index is -3.88. The summed E-state index contributed by atoms with van der Waals surface area (Å²) in [5.41, 5.74) is -2.32. The molecule has 1 aromatic rings. The molecule has 2 aliphatic heterocycles. The molecule has 258 valence electrons. The quantitative estimate of drug-likeness (QED) is 0.268. The summed E-state index contributed by atoms with van der Waals surface area (Å²) in [5.74, 6) is -1.88. The highest BCUT2D eigenvalue weighted by Crippen LogP contribution is 2.45. The summed E-state index contributed by atoms with van der Waals surface area (Å²) in [5, 5.41) is 4.70. The summed E-state index contributed by atoms with van der Waals surface area (Å²) >= 11 is 0. The first-order valence-corrected chi connectivity index (χ1v) is 17.2. The fourth-order valence-corrected chi connectivity index (χ4v) is 7.23. The third kappa shape index (κ3) is 7.61. The van der Waals surface area contributed by atoms with E-state index < -0.39 is 74.1 Å². The molecule has 2 saturated carbocycles. The van der Waals surface area contributed by atoms with Crippen LogP contribution in [-0.2, 0) is 33.9 Å². The molecule has 0 radical (unpaired) electrons. The molecule has 0 aromatic carbocycles. The standard InChI is InChI=1S/C30H43N7O9S/c1-6-18-16-30(18,26(40)35-47(42,43)20-7-8-20)34-24(38)21-15-19(17-37(21)25(39)23(29(2,3)4)33-28(41)44-5)46-22-9-10-31-27(32-22)36-11-13-45-14-12-36/h6,9-10,18-21,23H,1,7-8,11-17H2,2-5H3,(H,33,41)(H,34,38)(H,35,40). The number of alkyl carbamates (subject to hydrolysis) is 1. The van der Waals surface area contributed by atoms with E-state index in [-0.39, 0.29) is 25.3 Å². The largest absolute Gasteiger partial charge is 0.472 e. The number of sulfonamides is 1. The van der Waals surface area contributed by atoms with Gasteiger partial charge in [0, 0.05) is 37.7 Å². The number of amides is 4. The molecule has 4 amide bonds. The molecule has 4 fully saturated rings. The summed E-state index contributed by atoms with van der Waals surface area (Å²) in [4.78, 5) is 65.9. The van der Waals surface area contributed by atoms with E-state index in [2.05, 4.69) is 31.9 Å². The molecule has 2 saturated heterocycles. The highest BCUT2D eigenvalue weighted by atomic mass is 32.2. The Kier molecular flexibility index (Phi) is 9.69. The van der Waals surface area contributed by atoms with Gasteiger partial charge in [-0.15, -0.1) is 6.58 Å². The molecule has 17 heteroatoms. The second kappa shape index (κ2) is 13.3. The van der Waals surface area contributed by atoms with Crippen LogP contribution in [0.4, 0.5) is 10.7 Å². The van der Waals surface area contributed by atoms with Crippen LogP contribution in [0.5, 0.6) is 5.88 Å². The predicted octanol–water partition coefficient (Wildman–Crippen LogP) is 0.102. The Morgan fingerprint density at radius 1 is 1.19 bits per heavy atom. The van der Waals surface area contributed by atoms with Gasteiger partial charge in [-0.05, 0) is 24.7 Å². The number of hydrogen-bond donors (Lipinski definition) is 3. The highest BCUT2D eigenvalue weighted by Gasteiger charge is 2.62. The molecule has 0 bridgehead atoms. The van der Waals surface area contributed by atoms with Crippen molar-refractivity contribution in [2.45, 2.75) is 75.4 Å². The highest BCUT2D eigenvalue weighted by molar-refractivity contribution is 7.91. The Morgan fingerprint density at radius 2 is 1.89 bits per heavy atom. The van der Waals surface area contributed by atoms with Crippen molar-refractivity contribution in [3.05, 3.63) is 24.9 Å². The van der Waals surface area contributed by atoms with Crippen LogP contribution in [0.2, 0.25) is 0 Å². The van der Waals surface area contributed by atoms with E-state index in [4.69, 9.17) is 14.2 Å². The number of nitrogens with one attached hydrogen (secondary N) is 3. The molecule has 5 unspecified atom stereocenters. The first kappa shape index (κ1) is 34.3. The number of likely N-dealkylation sites (tertiary alicyclic amines) is 1. The number of rotatable bonds is 11. The van der Waals surface area contributed by atoms with E-state index in [9.17, 15) is 27.6 Å².